The number of ether oxygens (including phenoxy) is 2. The van der Waals surface area contributed by atoms with Gasteiger partial charge in [-0.2, -0.15) is 0 Å². The molecule has 0 saturated carbocycles. The average Bonchev–Trinajstić information content (AvgIpc) is 2.80. The first-order valence-electron chi connectivity index (χ1n) is 11.8. The summed E-state index contributed by atoms with van der Waals surface area (Å²) in [4.78, 5) is 28.2. The Labute approximate surface area is 214 Å². The molecule has 0 radical (unpaired) electrons. The smallest absolute Gasteiger partial charge is 0.244 e. The molecule has 0 aliphatic carbocycles. The minimum absolute atomic E-state index is 0.112. The van der Waals surface area contributed by atoms with E-state index in [0.29, 0.717) is 12.2 Å². The van der Waals surface area contributed by atoms with Gasteiger partial charge in [0, 0.05) is 18.7 Å². The van der Waals surface area contributed by atoms with Gasteiger partial charge in [0.25, 0.3) is 0 Å². The van der Waals surface area contributed by atoms with Crippen molar-refractivity contribution in [1.82, 2.24) is 10.2 Å². The van der Waals surface area contributed by atoms with Gasteiger partial charge in [0.1, 0.15) is 24.1 Å². The van der Waals surface area contributed by atoms with Crippen LogP contribution in [0.3, 0.4) is 0 Å². The van der Waals surface area contributed by atoms with Gasteiger partial charge in [-0.3, -0.25) is 13.9 Å². The molecule has 2 aromatic carbocycles. The van der Waals surface area contributed by atoms with Crippen molar-refractivity contribution >= 4 is 27.5 Å². The van der Waals surface area contributed by atoms with Crippen molar-refractivity contribution in [2.45, 2.75) is 52.7 Å². The van der Waals surface area contributed by atoms with Gasteiger partial charge in [-0.05, 0) is 44.9 Å². The third kappa shape index (κ3) is 7.61. The van der Waals surface area contributed by atoms with Crippen LogP contribution in [0, 0.1) is 6.92 Å². The minimum Gasteiger partial charge on any atom is -0.497 e. The summed E-state index contributed by atoms with van der Waals surface area (Å²) >= 11 is 0. The van der Waals surface area contributed by atoms with E-state index in [-0.39, 0.29) is 29.9 Å². The molecule has 36 heavy (non-hydrogen) atoms. The molecule has 0 aliphatic rings. The molecule has 9 nitrogen and oxygen atoms in total. The Bertz CT molecular complexity index is 1170. The average molecular weight is 520 g/mol. The maximum Gasteiger partial charge on any atom is 0.244 e. The fraction of sp³-hybridized carbons (Fsp3) is 0.462. The number of carbonyl (C=O) groups is 2. The van der Waals surface area contributed by atoms with Gasteiger partial charge in [-0.25, -0.2) is 8.42 Å². The first kappa shape index (κ1) is 29.0. The Kier molecular flexibility index (Phi) is 10.2. The number of nitrogens with one attached hydrogen (secondary N) is 1. The Morgan fingerprint density at radius 3 is 2.28 bits per heavy atom. The highest BCUT2D eigenvalue weighted by Crippen LogP contribution is 2.33. The molecule has 198 valence electrons. The zero-order valence-corrected chi connectivity index (χ0v) is 22.9. The zero-order chi connectivity index (χ0) is 27.0. The van der Waals surface area contributed by atoms with Crippen molar-refractivity contribution < 1.29 is 27.5 Å². The molecule has 0 bridgehead atoms. The molecule has 0 aromatic heterocycles. The highest BCUT2D eigenvalue weighted by molar-refractivity contribution is 7.92. The number of hydrogen-bond acceptors (Lipinski definition) is 6. The molecule has 0 saturated heterocycles. The van der Waals surface area contributed by atoms with Crippen LogP contribution in [0.2, 0.25) is 0 Å². The summed E-state index contributed by atoms with van der Waals surface area (Å²) < 4.78 is 37.2. The second-order valence-electron chi connectivity index (χ2n) is 8.91. The van der Waals surface area contributed by atoms with Crippen LogP contribution in [0.1, 0.15) is 38.3 Å². The topological polar surface area (TPSA) is 105 Å². The second-order valence-corrected chi connectivity index (χ2v) is 10.8. The van der Waals surface area contributed by atoms with Crippen LogP contribution in [-0.2, 0) is 26.2 Å². The summed E-state index contributed by atoms with van der Waals surface area (Å²) in [6.45, 7) is 7.11. The Morgan fingerprint density at radius 1 is 1.06 bits per heavy atom. The molecule has 0 fully saturated rings. The molecule has 2 rings (SSSR count). The number of methoxy groups -OCH3 is 2. The molecule has 0 heterocycles. The number of anilines is 1. The summed E-state index contributed by atoms with van der Waals surface area (Å²) in [5.41, 5.74) is 2.05. The van der Waals surface area contributed by atoms with Crippen LogP contribution in [0.25, 0.3) is 0 Å². The Balaban J connectivity index is 2.51. The predicted octanol–water partition coefficient (Wildman–Crippen LogP) is 3.11. The fourth-order valence-electron chi connectivity index (χ4n) is 3.89. The van der Waals surface area contributed by atoms with Crippen LogP contribution in [0.5, 0.6) is 11.5 Å². The standard InChI is InChI=1S/C26H37N3O6S/c1-8-22(26(31)27-18(2)3)28(16-20-11-9-10-19(4)14-20)25(30)17-29(36(7,32)33)23-13-12-21(34-5)15-24(23)35-6/h9-15,18,22H,8,16-17H2,1-7H3,(H,27,31)/t22-/m0/s1. The number of hydrogen-bond donors (Lipinski definition) is 1. The number of nitrogens with zero attached hydrogens (tertiary/aromatic N) is 2. The SMILES string of the molecule is CC[C@@H](C(=O)NC(C)C)N(Cc1cccc(C)c1)C(=O)CN(c1ccc(OC)cc1OC)S(C)(=O)=O. The van der Waals surface area contributed by atoms with Gasteiger partial charge in [0.15, 0.2) is 0 Å². The van der Waals surface area contributed by atoms with Crippen molar-refractivity contribution in [3.63, 3.8) is 0 Å². The number of rotatable bonds is 12. The van der Waals surface area contributed by atoms with E-state index < -0.39 is 28.5 Å². The van der Waals surface area contributed by atoms with Crippen LogP contribution < -0.4 is 19.1 Å². The van der Waals surface area contributed by atoms with E-state index in [0.717, 1.165) is 21.7 Å². The molecule has 2 amide bonds. The molecule has 10 heteroatoms. The summed E-state index contributed by atoms with van der Waals surface area (Å²) in [6.07, 6.45) is 1.39. The number of sulfonamides is 1. The molecule has 1 N–H and O–H groups in total. The van der Waals surface area contributed by atoms with E-state index in [2.05, 4.69) is 5.32 Å². The van der Waals surface area contributed by atoms with Gasteiger partial charge < -0.3 is 19.7 Å². The molecule has 1 atom stereocenters. The number of benzene rings is 2. The number of aryl methyl sites for hydroxylation is 1. The van der Waals surface area contributed by atoms with Crippen LogP contribution in [0.15, 0.2) is 42.5 Å². The lowest BCUT2D eigenvalue weighted by molar-refractivity contribution is -0.140. The molecule has 2 aromatic rings. The second kappa shape index (κ2) is 12.6. The van der Waals surface area contributed by atoms with E-state index in [4.69, 9.17) is 9.47 Å². The highest BCUT2D eigenvalue weighted by Gasteiger charge is 2.32. The lowest BCUT2D eigenvalue weighted by atomic mass is 10.1. The molecule has 0 spiro atoms. The lowest BCUT2D eigenvalue weighted by Gasteiger charge is -2.33. The Morgan fingerprint density at radius 2 is 1.75 bits per heavy atom. The summed E-state index contributed by atoms with van der Waals surface area (Å²) in [6, 6.07) is 11.4. The summed E-state index contributed by atoms with van der Waals surface area (Å²) in [5.74, 6) is -0.0812. The van der Waals surface area contributed by atoms with Gasteiger partial charge in [-0.1, -0.05) is 36.8 Å². The van der Waals surface area contributed by atoms with Gasteiger partial charge in [-0.15, -0.1) is 0 Å². The van der Waals surface area contributed by atoms with Crippen LogP contribution in [-0.4, -0.2) is 64.2 Å². The third-order valence-electron chi connectivity index (χ3n) is 5.59. The highest BCUT2D eigenvalue weighted by atomic mass is 32.2. The number of carbonyl (C=O) groups excluding carboxylic acids is 2. The van der Waals surface area contributed by atoms with E-state index >= 15 is 0 Å². The molecule has 0 aliphatic heterocycles. The van der Waals surface area contributed by atoms with E-state index in [9.17, 15) is 18.0 Å². The van der Waals surface area contributed by atoms with Crippen molar-refractivity contribution in [2.75, 3.05) is 31.3 Å². The summed E-state index contributed by atoms with van der Waals surface area (Å²) in [7, 11) is -0.986. The molecule has 0 unspecified atom stereocenters. The lowest BCUT2D eigenvalue weighted by Crippen LogP contribution is -2.53. The molecular formula is C26H37N3O6S. The van der Waals surface area contributed by atoms with Crippen LogP contribution in [0.4, 0.5) is 5.69 Å². The van der Waals surface area contributed by atoms with E-state index in [1.165, 1.54) is 25.2 Å². The molecular weight excluding hydrogens is 482 g/mol. The van der Waals surface area contributed by atoms with Gasteiger partial charge in [0.2, 0.25) is 21.8 Å². The first-order chi connectivity index (χ1) is 16.9. The van der Waals surface area contributed by atoms with Crippen molar-refractivity contribution in [3.05, 3.63) is 53.6 Å². The van der Waals surface area contributed by atoms with Crippen molar-refractivity contribution in [1.29, 1.82) is 0 Å². The number of amides is 2. The van der Waals surface area contributed by atoms with Crippen molar-refractivity contribution in [2.24, 2.45) is 0 Å². The monoisotopic (exact) mass is 519 g/mol. The van der Waals surface area contributed by atoms with Crippen LogP contribution >= 0.6 is 0 Å². The predicted molar refractivity (Wildman–Crippen MR) is 141 cm³/mol. The first-order valence-corrected chi connectivity index (χ1v) is 13.6. The third-order valence-corrected chi connectivity index (χ3v) is 6.71. The van der Waals surface area contributed by atoms with Gasteiger partial charge in [0.05, 0.1) is 26.2 Å². The Hall–Kier alpha value is -3.27. The maximum absolute atomic E-state index is 13.8. The fourth-order valence-corrected chi connectivity index (χ4v) is 4.75. The van der Waals surface area contributed by atoms with E-state index in [1.54, 1.807) is 12.1 Å². The van der Waals surface area contributed by atoms with E-state index in [1.807, 2.05) is 52.0 Å². The maximum atomic E-state index is 13.8. The van der Waals surface area contributed by atoms with Crippen molar-refractivity contribution in [3.8, 4) is 11.5 Å². The minimum atomic E-state index is -3.89. The zero-order valence-electron chi connectivity index (χ0n) is 22.1. The largest absolute Gasteiger partial charge is 0.497 e. The van der Waals surface area contributed by atoms with Gasteiger partial charge >= 0.3 is 0 Å². The normalized spacial score (nSPS) is 12.1. The summed E-state index contributed by atoms with van der Waals surface area (Å²) in [5, 5.41) is 2.87. The quantitative estimate of drug-likeness (QED) is 0.462.